The van der Waals surface area contributed by atoms with Crippen molar-refractivity contribution in [2.45, 2.75) is 19.5 Å². The molecule has 0 aliphatic carbocycles. The molecule has 0 saturated heterocycles. The van der Waals surface area contributed by atoms with Crippen LogP contribution < -0.4 is 5.32 Å². The zero-order chi connectivity index (χ0) is 11.4. The summed E-state index contributed by atoms with van der Waals surface area (Å²) in [5.74, 6) is 0. The van der Waals surface area contributed by atoms with E-state index in [0.29, 0.717) is 6.04 Å². The van der Waals surface area contributed by atoms with Crippen LogP contribution in [0.5, 0.6) is 0 Å². The Hall–Kier alpha value is -1.06. The molecule has 1 atom stereocenters. The number of hydrogen-bond donors (Lipinski definition) is 2. The lowest BCUT2D eigenvalue weighted by atomic mass is 10.1. The minimum Gasteiger partial charge on any atom is -0.367 e. The van der Waals surface area contributed by atoms with E-state index in [9.17, 15) is 0 Å². The number of nitrogens with one attached hydrogen (secondary N) is 2. The van der Waals surface area contributed by atoms with Crippen molar-refractivity contribution in [3.05, 3.63) is 58.3 Å². The molecule has 0 saturated carbocycles. The van der Waals surface area contributed by atoms with Crippen LogP contribution in [0.25, 0.3) is 0 Å². The van der Waals surface area contributed by atoms with Crippen LogP contribution in [0.3, 0.4) is 0 Å². The highest BCUT2D eigenvalue weighted by Crippen LogP contribution is 2.16. The first-order valence-corrected chi connectivity index (χ1v) is 6.15. The molecule has 0 radical (unpaired) electrons. The summed E-state index contributed by atoms with van der Waals surface area (Å²) in [6, 6.07) is 10.9. The third kappa shape index (κ3) is 2.97. The van der Waals surface area contributed by atoms with E-state index in [-0.39, 0.29) is 0 Å². The second-order valence-corrected chi connectivity index (χ2v) is 4.79. The molecule has 1 heterocycles. The van der Waals surface area contributed by atoms with E-state index in [0.717, 1.165) is 11.0 Å². The molecule has 0 spiro atoms. The number of aromatic nitrogens is 1. The fourth-order valence-corrected chi connectivity index (χ4v) is 1.87. The third-order valence-electron chi connectivity index (χ3n) is 2.64. The Kier molecular flexibility index (Phi) is 3.80. The van der Waals surface area contributed by atoms with Gasteiger partial charge in [-0.2, -0.15) is 0 Å². The maximum absolute atomic E-state index is 3.49. The average Bonchev–Trinajstić information content (AvgIpc) is 2.80. The van der Waals surface area contributed by atoms with Crippen molar-refractivity contribution in [3.63, 3.8) is 0 Å². The Labute approximate surface area is 104 Å². The van der Waals surface area contributed by atoms with Crippen molar-refractivity contribution in [3.8, 4) is 0 Å². The summed E-state index contributed by atoms with van der Waals surface area (Å²) in [5.41, 5.74) is 2.59. The largest absolute Gasteiger partial charge is 0.367 e. The summed E-state index contributed by atoms with van der Waals surface area (Å²) in [6.07, 6.45) is 3.96. The van der Waals surface area contributed by atoms with Gasteiger partial charge in [-0.25, -0.2) is 0 Å². The Morgan fingerprint density at radius 3 is 2.62 bits per heavy atom. The lowest BCUT2D eigenvalue weighted by Gasteiger charge is -2.13. The number of benzene rings is 1. The van der Waals surface area contributed by atoms with Gasteiger partial charge in [0.15, 0.2) is 0 Å². The van der Waals surface area contributed by atoms with E-state index in [1.165, 1.54) is 11.1 Å². The fourth-order valence-electron chi connectivity index (χ4n) is 1.61. The third-order valence-corrected chi connectivity index (χ3v) is 3.17. The number of halogens is 1. The Bertz CT molecular complexity index is 420. The highest BCUT2D eigenvalue weighted by Gasteiger charge is 2.04. The SMILES string of the molecule is CC(NCc1cc[nH]c1)c1ccc(Br)cc1. The topological polar surface area (TPSA) is 27.8 Å². The van der Waals surface area contributed by atoms with Crippen molar-refractivity contribution < 1.29 is 0 Å². The molecule has 1 unspecified atom stereocenters. The zero-order valence-electron chi connectivity index (χ0n) is 9.20. The van der Waals surface area contributed by atoms with Crippen molar-refractivity contribution in [2.24, 2.45) is 0 Å². The summed E-state index contributed by atoms with van der Waals surface area (Å²) in [4.78, 5) is 3.05. The number of hydrogen-bond acceptors (Lipinski definition) is 1. The van der Waals surface area contributed by atoms with Gasteiger partial charge >= 0.3 is 0 Å². The molecule has 1 aromatic carbocycles. The molecule has 0 fully saturated rings. The molecule has 3 heteroatoms. The molecule has 16 heavy (non-hydrogen) atoms. The molecular weight excluding hydrogens is 264 g/mol. The predicted octanol–water partition coefficient (Wildman–Crippen LogP) is 3.63. The van der Waals surface area contributed by atoms with Crippen molar-refractivity contribution in [2.75, 3.05) is 0 Å². The van der Waals surface area contributed by atoms with Gasteiger partial charge in [0.25, 0.3) is 0 Å². The Balaban J connectivity index is 1.93. The van der Waals surface area contributed by atoms with Crippen molar-refractivity contribution >= 4 is 15.9 Å². The molecule has 0 aliphatic rings. The summed E-state index contributed by atoms with van der Waals surface area (Å²) in [6.45, 7) is 3.07. The molecule has 1 aromatic heterocycles. The van der Waals surface area contributed by atoms with E-state index < -0.39 is 0 Å². The van der Waals surface area contributed by atoms with Crippen LogP contribution in [0.4, 0.5) is 0 Å². The van der Waals surface area contributed by atoms with Gasteiger partial charge in [-0.05, 0) is 36.2 Å². The van der Waals surface area contributed by atoms with Gasteiger partial charge in [0.2, 0.25) is 0 Å². The molecule has 0 amide bonds. The molecule has 2 aromatic rings. The summed E-state index contributed by atoms with van der Waals surface area (Å²) in [5, 5.41) is 3.49. The van der Waals surface area contributed by atoms with Gasteiger partial charge in [0.05, 0.1) is 0 Å². The van der Waals surface area contributed by atoms with Crippen LogP contribution in [0.15, 0.2) is 47.2 Å². The van der Waals surface area contributed by atoms with Gasteiger partial charge in [0.1, 0.15) is 0 Å². The Morgan fingerprint density at radius 2 is 2.00 bits per heavy atom. The molecular formula is C13H15BrN2. The van der Waals surface area contributed by atoms with Crippen molar-refractivity contribution in [1.82, 2.24) is 10.3 Å². The summed E-state index contributed by atoms with van der Waals surface area (Å²) < 4.78 is 1.12. The smallest absolute Gasteiger partial charge is 0.0294 e. The average molecular weight is 279 g/mol. The number of aromatic amines is 1. The summed E-state index contributed by atoms with van der Waals surface area (Å²) in [7, 11) is 0. The molecule has 0 aliphatic heterocycles. The molecule has 0 bridgehead atoms. The van der Waals surface area contributed by atoms with Gasteiger partial charge in [0, 0.05) is 29.5 Å². The number of H-pyrrole nitrogens is 1. The van der Waals surface area contributed by atoms with Gasteiger partial charge in [-0.3, -0.25) is 0 Å². The van der Waals surface area contributed by atoms with Gasteiger partial charge in [-0.15, -0.1) is 0 Å². The predicted molar refractivity (Wildman–Crippen MR) is 70.2 cm³/mol. The zero-order valence-corrected chi connectivity index (χ0v) is 10.8. The molecule has 2 N–H and O–H groups in total. The lowest BCUT2D eigenvalue weighted by molar-refractivity contribution is 0.575. The molecule has 2 rings (SSSR count). The van der Waals surface area contributed by atoms with Crippen LogP contribution in [-0.2, 0) is 6.54 Å². The maximum atomic E-state index is 3.49. The first-order valence-electron chi connectivity index (χ1n) is 5.36. The quantitative estimate of drug-likeness (QED) is 0.878. The minimum absolute atomic E-state index is 0.364. The van der Waals surface area contributed by atoms with Crippen LogP contribution in [-0.4, -0.2) is 4.98 Å². The van der Waals surface area contributed by atoms with E-state index in [2.05, 4.69) is 63.5 Å². The van der Waals surface area contributed by atoms with E-state index in [1.54, 1.807) is 0 Å². The van der Waals surface area contributed by atoms with E-state index in [4.69, 9.17) is 0 Å². The monoisotopic (exact) mass is 278 g/mol. The van der Waals surface area contributed by atoms with Gasteiger partial charge < -0.3 is 10.3 Å². The molecule has 84 valence electrons. The summed E-state index contributed by atoms with van der Waals surface area (Å²) >= 11 is 3.44. The molecule has 2 nitrogen and oxygen atoms in total. The van der Waals surface area contributed by atoms with E-state index >= 15 is 0 Å². The van der Waals surface area contributed by atoms with Crippen LogP contribution >= 0.6 is 15.9 Å². The van der Waals surface area contributed by atoms with Crippen LogP contribution in [0, 0.1) is 0 Å². The fraction of sp³-hybridized carbons (Fsp3) is 0.231. The second kappa shape index (κ2) is 5.32. The van der Waals surface area contributed by atoms with Crippen LogP contribution in [0.1, 0.15) is 24.1 Å². The Morgan fingerprint density at radius 1 is 1.25 bits per heavy atom. The van der Waals surface area contributed by atoms with Crippen molar-refractivity contribution in [1.29, 1.82) is 0 Å². The first-order chi connectivity index (χ1) is 7.75. The van der Waals surface area contributed by atoms with Gasteiger partial charge in [-0.1, -0.05) is 28.1 Å². The second-order valence-electron chi connectivity index (χ2n) is 3.87. The van der Waals surface area contributed by atoms with Crippen LogP contribution in [0.2, 0.25) is 0 Å². The standard InChI is InChI=1S/C13H15BrN2/c1-10(12-2-4-13(14)5-3-12)16-9-11-6-7-15-8-11/h2-8,10,15-16H,9H2,1H3. The van der Waals surface area contributed by atoms with E-state index in [1.807, 2.05) is 12.4 Å². The lowest BCUT2D eigenvalue weighted by Crippen LogP contribution is -2.17. The highest BCUT2D eigenvalue weighted by atomic mass is 79.9. The minimum atomic E-state index is 0.364. The number of rotatable bonds is 4. The normalized spacial score (nSPS) is 12.6. The maximum Gasteiger partial charge on any atom is 0.0294 e. The highest BCUT2D eigenvalue weighted by molar-refractivity contribution is 9.10. The first kappa shape index (κ1) is 11.4.